The third-order valence-corrected chi connectivity index (χ3v) is 4.60. The number of anilines is 1. The van der Waals surface area contributed by atoms with Crippen molar-refractivity contribution in [2.45, 2.75) is 26.2 Å². The van der Waals surface area contributed by atoms with Crippen molar-refractivity contribution in [3.8, 4) is 0 Å². The maximum Gasteiger partial charge on any atom is 0.257 e. The number of pyridine rings is 1. The number of nitrogens with one attached hydrogen (secondary N) is 2. The first-order valence-electron chi connectivity index (χ1n) is 8.18. The molecule has 4 nitrogen and oxygen atoms in total. The summed E-state index contributed by atoms with van der Waals surface area (Å²) in [4.78, 5) is 28.7. The Bertz CT molecular complexity index is 1020. The highest BCUT2D eigenvalue weighted by Gasteiger charge is 2.20. The number of fused-ring (bicyclic) bond motifs is 2. The molecule has 1 heterocycles. The van der Waals surface area contributed by atoms with Crippen LogP contribution in [0.3, 0.4) is 0 Å². The van der Waals surface area contributed by atoms with Crippen LogP contribution in [-0.2, 0) is 12.8 Å². The van der Waals surface area contributed by atoms with E-state index in [-0.39, 0.29) is 11.3 Å². The van der Waals surface area contributed by atoms with E-state index in [4.69, 9.17) is 0 Å². The Morgan fingerprint density at radius 2 is 1.96 bits per heavy atom. The fourth-order valence-corrected chi connectivity index (χ4v) is 3.43. The molecular weight excluding hydrogens is 300 g/mol. The molecule has 24 heavy (non-hydrogen) atoms. The maximum atomic E-state index is 12.7. The van der Waals surface area contributed by atoms with Gasteiger partial charge < -0.3 is 10.3 Å². The molecule has 0 bridgehead atoms. The number of amides is 1. The normalized spacial score (nSPS) is 13.0. The summed E-state index contributed by atoms with van der Waals surface area (Å²) in [6.07, 6.45) is 2.68. The van der Waals surface area contributed by atoms with E-state index < -0.39 is 0 Å². The molecule has 1 aliphatic rings. The zero-order chi connectivity index (χ0) is 16.7. The number of aromatic nitrogens is 1. The average Bonchev–Trinajstić information content (AvgIpc) is 3.03. The first-order valence-corrected chi connectivity index (χ1v) is 8.18. The first kappa shape index (κ1) is 14.7. The molecule has 2 N–H and O–H groups in total. The second kappa shape index (κ2) is 5.64. The molecule has 120 valence electrons. The van der Waals surface area contributed by atoms with Crippen molar-refractivity contribution in [1.29, 1.82) is 0 Å². The SMILES string of the molecule is Cc1cccc(NC(=O)c2cccc3c(=O)c4c([nH]c23)CCC4)c1. The molecular formula is C20H18N2O2. The number of hydrogen-bond acceptors (Lipinski definition) is 2. The molecule has 0 atom stereocenters. The van der Waals surface area contributed by atoms with E-state index in [9.17, 15) is 9.59 Å². The Balaban J connectivity index is 1.81. The lowest BCUT2D eigenvalue weighted by Gasteiger charge is -2.10. The summed E-state index contributed by atoms with van der Waals surface area (Å²) in [7, 11) is 0. The highest BCUT2D eigenvalue weighted by Crippen LogP contribution is 2.23. The lowest BCUT2D eigenvalue weighted by molar-refractivity contribution is 0.102. The van der Waals surface area contributed by atoms with E-state index in [1.165, 1.54) is 0 Å². The largest absolute Gasteiger partial charge is 0.357 e. The van der Waals surface area contributed by atoms with Crippen LogP contribution < -0.4 is 10.7 Å². The van der Waals surface area contributed by atoms with Crippen LogP contribution in [0.1, 0.15) is 33.6 Å². The fraction of sp³-hybridized carbons (Fsp3) is 0.200. The van der Waals surface area contributed by atoms with Crippen LogP contribution in [0.5, 0.6) is 0 Å². The van der Waals surface area contributed by atoms with Crippen molar-refractivity contribution in [3.05, 3.63) is 75.1 Å². The highest BCUT2D eigenvalue weighted by molar-refractivity contribution is 6.11. The number of aryl methyl sites for hydroxylation is 2. The summed E-state index contributed by atoms with van der Waals surface area (Å²) >= 11 is 0. The van der Waals surface area contributed by atoms with Crippen LogP contribution in [0.2, 0.25) is 0 Å². The minimum Gasteiger partial charge on any atom is -0.357 e. The van der Waals surface area contributed by atoms with E-state index in [0.29, 0.717) is 16.5 Å². The second-order valence-corrected chi connectivity index (χ2v) is 6.32. The lowest BCUT2D eigenvalue weighted by atomic mass is 10.1. The molecule has 0 radical (unpaired) electrons. The number of para-hydroxylation sites is 1. The van der Waals surface area contributed by atoms with Gasteiger partial charge in [-0.05, 0) is 56.0 Å². The Kier molecular flexibility index (Phi) is 3.45. The van der Waals surface area contributed by atoms with Crippen molar-refractivity contribution >= 4 is 22.5 Å². The van der Waals surface area contributed by atoms with Crippen molar-refractivity contribution in [2.75, 3.05) is 5.32 Å². The summed E-state index contributed by atoms with van der Waals surface area (Å²) in [6.45, 7) is 1.98. The summed E-state index contributed by atoms with van der Waals surface area (Å²) in [5, 5.41) is 3.51. The molecule has 4 heteroatoms. The number of aromatic amines is 1. The number of carbonyl (C=O) groups is 1. The number of hydrogen-bond donors (Lipinski definition) is 2. The van der Waals surface area contributed by atoms with Crippen LogP contribution in [0, 0.1) is 6.92 Å². The van der Waals surface area contributed by atoms with Gasteiger partial charge in [0.05, 0.1) is 11.1 Å². The quantitative estimate of drug-likeness (QED) is 0.758. The van der Waals surface area contributed by atoms with E-state index in [0.717, 1.165) is 41.8 Å². The van der Waals surface area contributed by atoms with Gasteiger partial charge in [-0.25, -0.2) is 0 Å². The van der Waals surface area contributed by atoms with E-state index in [2.05, 4.69) is 10.3 Å². The maximum absolute atomic E-state index is 12.7. The third-order valence-electron chi connectivity index (χ3n) is 4.60. The van der Waals surface area contributed by atoms with E-state index >= 15 is 0 Å². The molecule has 0 spiro atoms. The van der Waals surface area contributed by atoms with Crippen molar-refractivity contribution in [2.24, 2.45) is 0 Å². The highest BCUT2D eigenvalue weighted by atomic mass is 16.1. The van der Waals surface area contributed by atoms with Gasteiger partial charge in [-0.1, -0.05) is 18.2 Å². The minimum atomic E-state index is -0.209. The monoisotopic (exact) mass is 318 g/mol. The Morgan fingerprint density at radius 3 is 2.79 bits per heavy atom. The molecule has 1 aliphatic carbocycles. The number of H-pyrrole nitrogens is 1. The zero-order valence-corrected chi connectivity index (χ0v) is 13.5. The Hall–Kier alpha value is -2.88. The molecule has 4 rings (SSSR count). The van der Waals surface area contributed by atoms with Crippen molar-refractivity contribution < 1.29 is 4.79 Å². The van der Waals surface area contributed by atoms with Gasteiger partial charge >= 0.3 is 0 Å². The second-order valence-electron chi connectivity index (χ2n) is 6.32. The van der Waals surface area contributed by atoms with Crippen LogP contribution >= 0.6 is 0 Å². The molecule has 0 saturated heterocycles. The summed E-state index contributed by atoms with van der Waals surface area (Å²) in [6, 6.07) is 13.0. The van der Waals surface area contributed by atoms with Crippen molar-refractivity contribution in [1.82, 2.24) is 4.98 Å². The number of rotatable bonds is 2. The van der Waals surface area contributed by atoms with Crippen molar-refractivity contribution in [3.63, 3.8) is 0 Å². The molecule has 0 fully saturated rings. The van der Waals surface area contributed by atoms with Crippen LogP contribution in [0.4, 0.5) is 5.69 Å². The standard InChI is InChI=1S/C20H18N2O2/c1-12-5-2-6-13(11-12)21-20(24)16-9-3-8-15-18(16)22-17-10-4-7-14(17)19(15)23/h2-3,5-6,8-9,11H,4,7,10H2,1H3,(H,21,24)(H,22,23). The van der Waals surface area contributed by atoms with Gasteiger partial charge in [0.25, 0.3) is 5.91 Å². The average molecular weight is 318 g/mol. The van der Waals surface area contributed by atoms with Gasteiger partial charge in [-0.3, -0.25) is 9.59 Å². The van der Waals surface area contributed by atoms with Gasteiger partial charge in [0.2, 0.25) is 0 Å². The first-order chi connectivity index (χ1) is 11.6. The Morgan fingerprint density at radius 1 is 1.12 bits per heavy atom. The predicted molar refractivity (Wildman–Crippen MR) is 95.7 cm³/mol. The van der Waals surface area contributed by atoms with Gasteiger partial charge in [0, 0.05) is 22.3 Å². The molecule has 1 aromatic heterocycles. The molecule has 3 aromatic rings. The van der Waals surface area contributed by atoms with E-state index in [1.807, 2.05) is 31.2 Å². The molecule has 2 aromatic carbocycles. The van der Waals surface area contributed by atoms with Crippen LogP contribution in [0.25, 0.3) is 10.9 Å². The predicted octanol–water partition coefficient (Wildman–Crippen LogP) is 3.58. The van der Waals surface area contributed by atoms with E-state index in [1.54, 1.807) is 18.2 Å². The van der Waals surface area contributed by atoms with Crippen LogP contribution in [-0.4, -0.2) is 10.9 Å². The summed E-state index contributed by atoms with van der Waals surface area (Å²) in [5.41, 5.74) is 4.87. The van der Waals surface area contributed by atoms with Gasteiger partial charge in [0.15, 0.2) is 5.43 Å². The van der Waals surface area contributed by atoms with Gasteiger partial charge in [-0.2, -0.15) is 0 Å². The zero-order valence-electron chi connectivity index (χ0n) is 13.5. The lowest BCUT2D eigenvalue weighted by Crippen LogP contribution is -2.16. The minimum absolute atomic E-state index is 0.0569. The Labute approximate surface area is 139 Å². The molecule has 0 saturated carbocycles. The van der Waals surface area contributed by atoms with Gasteiger partial charge in [0.1, 0.15) is 0 Å². The number of benzene rings is 2. The topological polar surface area (TPSA) is 62.0 Å². The smallest absolute Gasteiger partial charge is 0.257 e. The molecule has 0 unspecified atom stereocenters. The molecule has 0 aliphatic heterocycles. The summed E-state index contributed by atoms with van der Waals surface area (Å²) in [5.74, 6) is -0.209. The molecule has 1 amide bonds. The number of carbonyl (C=O) groups excluding carboxylic acids is 1. The third kappa shape index (κ3) is 2.40. The summed E-state index contributed by atoms with van der Waals surface area (Å²) < 4.78 is 0. The fourth-order valence-electron chi connectivity index (χ4n) is 3.43. The van der Waals surface area contributed by atoms with Crippen LogP contribution in [0.15, 0.2) is 47.3 Å². The van der Waals surface area contributed by atoms with Gasteiger partial charge in [-0.15, -0.1) is 0 Å².